The van der Waals surface area contributed by atoms with Gasteiger partial charge in [0.05, 0.1) is 5.60 Å². The van der Waals surface area contributed by atoms with Crippen LogP contribution in [-0.2, 0) is 5.41 Å². The van der Waals surface area contributed by atoms with Gasteiger partial charge in [-0.05, 0) is 37.5 Å². The summed E-state index contributed by atoms with van der Waals surface area (Å²) in [6, 6.07) is 7.16. The van der Waals surface area contributed by atoms with Crippen LogP contribution in [0.2, 0.25) is 0 Å². The van der Waals surface area contributed by atoms with Crippen molar-refractivity contribution < 1.29 is 10.2 Å². The first-order valence-electron chi connectivity index (χ1n) is 5.19. The van der Waals surface area contributed by atoms with Gasteiger partial charge in [-0.15, -0.1) is 0 Å². The quantitative estimate of drug-likeness (QED) is 0.681. The molecule has 2 rings (SSSR count). The van der Waals surface area contributed by atoms with Crippen molar-refractivity contribution in [2.75, 3.05) is 6.54 Å². The van der Waals surface area contributed by atoms with E-state index in [1.807, 2.05) is 19.1 Å². The van der Waals surface area contributed by atoms with E-state index in [9.17, 15) is 10.2 Å². The lowest BCUT2D eigenvalue weighted by atomic mass is 9.57. The standard InChI is InChI=1S/C12H17NO2/c1-11(15)6-12(7-11,8-13)9-3-2-4-10(14)5-9/h2-5,14-15H,6-8,13H2,1H3. The van der Waals surface area contributed by atoms with Crippen molar-refractivity contribution in [2.24, 2.45) is 5.73 Å². The van der Waals surface area contributed by atoms with Gasteiger partial charge in [0.25, 0.3) is 0 Å². The minimum absolute atomic E-state index is 0.151. The second kappa shape index (κ2) is 3.22. The number of hydrogen-bond acceptors (Lipinski definition) is 3. The van der Waals surface area contributed by atoms with Crippen molar-refractivity contribution in [1.29, 1.82) is 0 Å². The Balaban J connectivity index is 2.29. The maximum absolute atomic E-state index is 9.79. The first-order chi connectivity index (χ1) is 6.97. The Kier molecular flexibility index (Phi) is 2.24. The number of rotatable bonds is 2. The number of phenols is 1. The van der Waals surface area contributed by atoms with Gasteiger partial charge in [0.15, 0.2) is 0 Å². The molecule has 1 aromatic carbocycles. The molecule has 0 saturated heterocycles. The van der Waals surface area contributed by atoms with E-state index in [-0.39, 0.29) is 11.2 Å². The van der Waals surface area contributed by atoms with Crippen molar-refractivity contribution in [3.8, 4) is 5.75 Å². The summed E-state index contributed by atoms with van der Waals surface area (Å²) in [4.78, 5) is 0. The molecule has 1 saturated carbocycles. The van der Waals surface area contributed by atoms with Crippen LogP contribution >= 0.6 is 0 Å². The van der Waals surface area contributed by atoms with Crippen molar-refractivity contribution in [1.82, 2.24) is 0 Å². The van der Waals surface area contributed by atoms with Gasteiger partial charge in [-0.1, -0.05) is 12.1 Å². The molecule has 0 spiro atoms. The molecule has 3 nitrogen and oxygen atoms in total. The summed E-state index contributed by atoms with van der Waals surface area (Å²) >= 11 is 0. The van der Waals surface area contributed by atoms with Crippen LogP contribution in [0.15, 0.2) is 24.3 Å². The molecule has 1 fully saturated rings. The molecule has 3 heteroatoms. The summed E-state index contributed by atoms with van der Waals surface area (Å²) in [6.07, 6.45) is 1.33. The van der Waals surface area contributed by atoms with Crippen LogP contribution in [0.1, 0.15) is 25.3 Å². The third-order valence-electron chi connectivity index (χ3n) is 3.29. The number of benzene rings is 1. The van der Waals surface area contributed by atoms with Gasteiger partial charge in [-0.3, -0.25) is 0 Å². The number of phenolic OH excluding ortho intramolecular Hbond substituents is 1. The van der Waals surface area contributed by atoms with Crippen molar-refractivity contribution >= 4 is 0 Å². The van der Waals surface area contributed by atoms with Gasteiger partial charge in [-0.25, -0.2) is 0 Å². The molecule has 82 valence electrons. The van der Waals surface area contributed by atoms with Gasteiger partial charge in [0.1, 0.15) is 5.75 Å². The Morgan fingerprint density at radius 2 is 2.07 bits per heavy atom. The van der Waals surface area contributed by atoms with E-state index in [0.29, 0.717) is 19.4 Å². The molecule has 0 aromatic heterocycles. The van der Waals surface area contributed by atoms with E-state index in [4.69, 9.17) is 5.73 Å². The maximum Gasteiger partial charge on any atom is 0.115 e. The number of aliphatic hydroxyl groups is 1. The zero-order valence-electron chi connectivity index (χ0n) is 8.90. The summed E-state index contributed by atoms with van der Waals surface area (Å²) in [5, 5.41) is 19.2. The van der Waals surface area contributed by atoms with E-state index >= 15 is 0 Å². The monoisotopic (exact) mass is 207 g/mol. The Morgan fingerprint density at radius 3 is 2.53 bits per heavy atom. The molecule has 4 N–H and O–H groups in total. The second-order valence-corrected chi connectivity index (χ2v) is 4.89. The molecule has 0 aliphatic heterocycles. The smallest absolute Gasteiger partial charge is 0.115 e. The summed E-state index contributed by atoms with van der Waals surface area (Å²) < 4.78 is 0. The first kappa shape index (κ1) is 10.5. The van der Waals surface area contributed by atoms with Crippen LogP contribution in [0.3, 0.4) is 0 Å². The Labute approximate surface area is 89.5 Å². The number of hydrogen-bond donors (Lipinski definition) is 3. The maximum atomic E-state index is 9.79. The zero-order valence-corrected chi connectivity index (χ0v) is 8.90. The van der Waals surface area contributed by atoms with E-state index in [2.05, 4.69) is 0 Å². The minimum atomic E-state index is -0.606. The fourth-order valence-corrected chi connectivity index (χ4v) is 2.71. The highest BCUT2D eigenvalue weighted by molar-refractivity contribution is 5.36. The van der Waals surface area contributed by atoms with Gasteiger partial charge in [-0.2, -0.15) is 0 Å². The average Bonchev–Trinajstić information content (AvgIpc) is 2.13. The molecule has 0 bridgehead atoms. The van der Waals surface area contributed by atoms with Crippen molar-refractivity contribution in [3.05, 3.63) is 29.8 Å². The Morgan fingerprint density at radius 1 is 1.40 bits per heavy atom. The second-order valence-electron chi connectivity index (χ2n) is 4.89. The lowest BCUT2D eigenvalue weighted by molar-refractivity contribution is -0.0726. The van der Waals surface area contributed by atoms with Crippen molar-refractivity contribution in [2.45, 2.75) is 30.8 Å². The summed E-state index contributed by atoms with van der Waals surface area (Å²) in [5.41, 5.74) is 6.05. The molecule has 0 heterocycles. The van der Waals surface area contributed by atoms with Gasteiger partial charge < -0.3 is 15.9 Å². The number of nitrogens with two attached hydrogens (primary N) is 1. The fraction of sp³-hybridized carbons (Fsp3) is 0.500. The molecule has 0 unspecified atom stereocenters. The summed E-state index contributed by atoms with van der Waals surface area (Å²) in [6.45, 7) is 2.33. The molecule has 1 aliphatic rings. The molecule has 0 amide bonds. The molecule has 0 radical (unpaired) electrons. The normalized spacial score (nSPS) is 34.9. The Hall–Kier alpha value is -1.06. The predicted molar refractivity (Wildman–Crippen MR) is 58.7 cm³/mol. The summed E-state index contributed by atoms with van der Waals surface area (Å²) in [5.74, 6) is 0.256. The van der Waals surface area contributed by atoms with E-state index in [1.54, 1.807) is 12.1 Å². The van der Waals surface area contributed by atoms with Crippen LogP contribution in [-0.4, -0.2) is 22.4 Å². The van der Waals surface area contributed by atoms with Crippen LogP contribution in [0.4, 0.5) is 0 Å². The summed E-state index contributed by atoms with van der Waals surface area (Å²) in [7, 11) is 0. The molecule has 0 atom stereocenters. The highest BCUT2D eigenvalue weighted by atomic mass is 16.3. The van der Waals surface area contributed by atoms with E-state index < -0.39 is 5.60 Å². The molecule has 15 heavy (non-hydrogen) atoms. The minimum Gasteiger partial charge on any atom is -0.508 e. The van der Waals surface area contributed by atoms with E-state index in [0.717, 1.165) is 5.56 Å². The lowest BCUT2D eigenvalue weighted by Crippen LogP contribution is -2.56. The van der Waals surface area contributed by atoms with Crippen LogP contribution in [0, 0.1) is 0 Å². The third-order valence-corrected chi connectivity index (χ3v) is 3.29. The highest BCUT2D eigenvalue weighted by Crippen LogP contribution is 2.49. The largest absolute Gasteiger partial charge is 0.508 e. The lowest BCUT2D eigenvalue weighted by Gasteiger charge is -2.51. The first-order valence-corrected chi connectivity index (χ1v) is 5.19. The zero-order chi connectivity index (χ0) is 11.1. The Bertz CT molecular complexity index is 366. The predicted octanol–water partition coefficient (Wildman–Crippen LogP) is 1.13. The van der Waals surface area contributed by atoms with E-state index in [1.165, 1.54) is 0 Å². The molecule has 1 aliphatic carbocycles. The average molecular weight is 207 g/mol. The van der Waals surface area contributed by atoms with Gasteiger partial charge in [0, 0.05) is 12.0 Å². The van der Waals surface area contributed by atoms with Crippen molar-refractivity contribution in [3.63, 3.8) is 0 Å². The molecular weight excluding hydrogens is 190 g/mol. The van der Waals surface area contributed by atoms with Crippen LogP contribution < -0.4 is 5.73 Å². The van der Waals surface area contributed by atoms with Crippen LogP contribution in [0.5, 0.6) is 5.75 Å². The SMILES string of the molecule is CC1(O)CC(CN)(c2cccc(O)c2)C1. The number of aromatic hydroxyl groups is 1. The fourth-order valence-electron chi connectivity index (χ4n) is 2.71. The third kappa shape index (κ3) is 1.73. The van der Waals surface area contributed by atoms with Gasteiger partial charge >= 0.3 is 0 Å². The van der Waals surface area contributed by atoms with Gasteiger partial charge in [0.2, 0.25) is 0 Å². The van der Waals surface area contributed by atoms with Crippen LogP contribution in [0.25, 0.3) is 0 Å². The highest BCUT2D eigenvalue weighted by Gasteiger charge is 2.51. The topological polar surface area (TPSA) is 66.5 Å². The molecular formula is C12H17NO2. The molecule has 1 aromatic rings.